The molecule has 0 unspecified atom stereocenters. The number of aromatic nitrogens is 4. The standard InChI is InChI=1S/C26H27N7O3/c34-26(23-17-35-21-8-4-5-9-22(21)36-23)27-10-11-33-25-20(16-30-33)24(28-18-29-25)32-14-12-31(13-15-32)19-6-2-1-3-7-19/h1-9,16,18,23H,10-15,17H2,(H,27,34)/t23-/m1/s1. The van der Waals surface area contributed by atoms with Gasteiger partial charge >= 0.3 is 0 Å². The zero-order valence-electron chi connectivity index (χ0n) is 19.8. The Hall–Kier alpha value is -4.34. The highest BCUT2D eigenvalue weighted by molar-refractivity contribution is 5.87. The molecule has 2 aromatic heterocycles. The van der Waals surface area contributed by atoms with Crippen molar-refractivity contribution in [2.24, 2.45) is 0 Å². The van der Waals surface area contributed by atoms with Crippen LogP contribution < -0.4 is 24.6 Å². The van der Waals surface area contributed by atoms with Crippen molar-refractivity contribution in [1.82, 2.24) is 25.1 Å². The van der Waals surface area contributed by atoms with E-state index in [0.717, 1.165) is 43.0 Å². The smallest absolute Gasteiger partial charge is 0.264 e. The number of fused-ring (bicyclic) bond motifs is 2. The summed E-state index contributed by atoms with van der Waals surface area (Å²) in [5.41, 5.74) is 2.00. The normalized spacial score (nSPS) is 17.3. The van der Waals surface area contributed by atoms with Crippen LogP contribution in [-0.4, -0.2) is 71.1 Å². The van der Waals surface area contributed by atoms with Gasteiger partial charge in [-0.3, -0.25) is 4.79 Å². The maximum atomic E-state index is 12.6. The van der Waals surface area contributed by atoms with Crippen LogP contribution in [0.5, 0.6) is 11.5 Å². The molecule has 36 heavy (non-hydrogen) atoms. The number of nitrogens with one attached hydrogen (secondary N) is 1. The summed E-state index contributed by atoms with van der Waals surface area (Å²) < 4.78 is 13.2. The van der Waals surface area contributed by atoms with E-state index in [4.69, 9.17) is 9.47 Å². The first-order valence-electron chi connectivity index (χ1n) is 12.1. The number of hydrogen-bond donors (Lipinski definition) is 1. The molecule has 2 aliphatic heterocycles. The number of nitrogens with zero attached hydrogens (tertiary/aromatic N) is 6. The third-order valence-electron chi connectivity index (χ3n) is 6.54. The second kappa shape index (κ2) is 9.73. The first-order chi connectivity index (χ1) is 17.8. The van der Waals surface area contributed by atoms with E-state index in [-0.39, 0.29) is 12.5 Å². The van der Waals surface area contributed by atoms with Gasteiger partial charge in [-0.2, -0.15) is 5.10 Å². The van der Waals surface area contributed by atoms with Crippen LogP contribution in [-0.2, 0) is 11.3 Å². The van der Waals surface area contributed by atoms with Crippen molar-refractivity contribution in [3.05, 3.63) is 67.1 Å². The Labute approximate surface area is 208 Å². The van der Waals surface area contributed by atoms with Gasteiger partial charge < -0.3 is 24.6 Å². The zero-order valence-corrected chi connectivity index (χ0v) is 19.8. The van der Waals surface area contributed by atoms with Crippen molar-refractivity contribution in [1.29, 1.82) is 0 Å². The third kappa shape index (κ3) is 4.37. The van der Waals surface area contributed by atoms with E-state index in [1.54, 1.807) is 17.1 Å². The Morgan fingerprint density at radius 3 is 2.53 bits per heavy atom. The molecule has 2 aromatic carbocycles. The first kappa shape index (κ1) is 22.1. The largest absolute Gasteiger partial charge is 0.485 e. The number of benzene rings is 2. The summed E-state index contributed by atoms with van der Waals surface area (Å²) in [4.78, 5) is 26.3. The molecule has 1 fully saturated rings. The number of carbonyl (C=O) groups excluding carboxylic acids is 1. The van der Waals surface area contributed by atoms with Crippen LogP contribution in [0.15, 0.2) is 67.1 Å². The highest BCUT2D eigenvalue weighted by Gasteiger charge is 2.27. The van der Waals surface area contributed by atoms with Crippen LogP contribution >= 0.6 is 0 Å². The lowest BCUT2D eigenvalue weighted by atomic mass is 10.2. The van der Waals surface area contributed by atoms with Gasteiger partial charge in [-0.15, -0.1) is 0 Å². The second-order valence-electron chi connectivity index (χ2n) is 8.77. The molecule has 0 aliphatic carbocycles. The summed E-state index contributed by atoms with van der Waals surface area (Å²) in [5, 5.41) is 8.36. The molecular formula is C26H27N7O3. The molecule has 0 radical (unpaired) electrons. The van der Waals surface area contributed by atoms with E-state index >= 15 is 0 Å². The van der Waals surface area contributed by atoms with Gasteiger partial charge in [-0.25, -0.2) is 14.6 Å². The number of anilines is 2. The highest BCUT2D eigenvalue weighted by Crippen LogP contribution is 2.31. The number of piperazine rings is 1. The van der Waals surface area contributed by atoms with Crippen molar-refractivity contribution in [3.63, 3.8) is 0 Å². The maximum Gasteiger partial charge on any atom is 0.264 e. The fraction of sp³-hybridized carbons (Fsp3) is 0.308. The number of amides is 1. The summed E-state index contributed by atoms with van der Waals surface area (Å²) in [6.45, 7) is 4.65. The van der Waals surface area contributed by atoms with Gasteiger partial charge in [0.25, 0.3) is 5.91 Å². The third-order valence-corrected chi connectivity index (χ3v) is 6.54. The van der Waals surface area contributed by atoms with Crippen molar-refractivity contribution in [2.45, 2.75) is 12.6 Å². The zero-order chi connectivity index (χ0) is 24.3. The lowest BCUT2D eigenvalue weighted by molar-refractivity contribution is -0.130. The first-order valence-corrected chi connectivity index (χ1v) is 12.1. The summed E-state index contributed by atoms with van der Waals surface area (Å²) in [5.74, 6) is 1.92. The van der Waals surface area contributed by atoms with Gasteiger partial charge in [0.1, 0.15) is 18.8 Å². The Morgan fingerprint density at radius 2 is 1.69 bits per heavy atom. The van der Waals surface area contributed by atoms with Crippen LogP contribution in [0.4, 0.5) is 11.5 Å². The number of carbonyl (C=O) groups is 1. The monoisotopic (exact) mass is 485 g/mol. The molecule has 0 bridgehead atoms. The van der Waals surface area contributed by atoms with E-state index < -0.39 is 6.10 Å². The van der Waals surface area contributed by atoms with E-state index in [0.29, 0.717) is 24.6 Å². The Morgan fingerprint density at radius 1 is 0.944 bits per heavy atom. The molecule has 1 N–H and O–H groups in total. The van der Waals surface area contributed by atoms with E-state index in [1.165, 1.54) is 5.69 Å². The molecule has 1 saturated heterocycles. The Balaban J connectivity index is 1.07. The maximum absolute atomic E-state index is 12.6. The topological polar surface area (TPSA) is 97.6 Å². The molecule has 1 atom stereocenters. The summed E-state index contributed by atoms with van der Waals surface area (Å²) in [6.07, 6.45) is 2.71. The van der Waals surface area contributed by atoms with Gasteiger partial charge in [0.05, 0.1) is 18.1 Å². The van der Waals surface area contributed by atoms with E-state index in [1.807, 2.05) is 30.5 Å². The minimum Gasteiger partial charge on any atom is -0.485 e. The molecular weight excluding hydrogens is 458 g/mol. The van der Waals surface area contributed by atoms with Crippen LogP contribution in [0.1, 0.15) is 0 Å². The molecule has 1 amide bonds. The Bertz CT molecular complexity index is 1350. The van der Waals surface area contributed by atoms with Gasteiger partial charge in [-0.05, 0) is 24.3 Å². The minimum absolute atomic E-state index is 0.182. The Kier molecular flexibility index (Phi) is 5.98. The van der Waals surface area contributed by atoms with Gasteiger partial charge in [0, 0.05) is 38.4 Å². The van der Waals surface area contributed by atoms with Gasteiger partial charge in [0.2, 0.25) is 6.10 Å². The fourth-order valence-electron chi connectivity index (χ4n) is 4.66. The van der Waals surface area contributed by atoms with Gasteiger partial charge in [-0.1, -0.05) is 30.3 Å². The molecule has 184 valence electrons. The highest BCUT2D eigenvalue weighted by atomic mass is 16.6. The number of para-hydroxylation sites is 3. The second-order valence-corrected chi connectivity index (χ2v) is 8.77. The molecule has 6 rings (SSSR count). The molecule has 4 heterocycles. The molecule has 0 saturated carbocycles. The number of hydrogen-bond acceptors (Lipinski definition) is 8. The van der Waals surface area contributed by atoms with Crippen molar-refractivity contribution in [3.8, 4) is 11.5 Å². The van der Waals surface area contributed by atoms with Crippen LogP contribution in [0.25, 0.3) is 11.0 Å². The van der Waals surface area contributed by atoms with E-state index in [2.05, 4.69) is 54.4 Å². The minimum atomic E-state index is -0.683. The van der Waals surface area contributed by atoms with Crippen LogP contribution in [0, 0.1) is 0 Å². The van der Waals surface area contributed by atoms with Crippen LogP contribution in [0.3, 0.4) is 0 Å². The van der Waals surface area contributed by atoms with Crippen LogP contribution in [0.2, 0.25) is 0 Å². The van der Waals surface area contributed by atoms with Crippen molar-refractivity contribution >= 4 is 28.4 Å². The molecule has 4 aromatic rings. The van der Waals surface area contributed by atoms with Gasteiger partial charge in [0.15, 0.2) is 17.1 Å². The molecule has 0 spiro atoms. The van der Waals surface area contributed by atoms with Crippen molar-refractivity contribution < 1.29 is 14.3 Å². The molecule has 10 nitrogen and oxygen atoms in total. The number of ether oxygens (including phenoxy) is 2. The predicted molar refractivity (Wildman–Crippen MR) is 136 cm³/mol. The average molecular weight is 486 g/mol. The predicted octanol–water partition coefficient (Wildman–Crippen LogP) is 2.11. The fourth-order valence-corrected chi connectivity index (χ4v) is 4.66. The molecule has 10 heteroatoms. The number of rotatable bonds is 6. The summed E-state index contributed by atoms with van der Waals surface area (Å²) >= 11 is 0. The lowest BCUT2D eigenvalue weighted by Crippen LogP contribution is -2.46. The summed E-state index contributed by atoms with van der Waals surface area (Å²) in [7, 11) is 0. The molecule has 2 aliphatic rings. The van der Waals surface area contributed by atoms with Crippen molar-refractivity contribution in [2.75, 3.05) is 49.1 Å². The quantitative estimate of drug-likeness (QED) is 0.444. The average Bonchev–Trinajstić information content (AvgIpc) is 3.36. The lowest BCUT2D eigenvalue weighted by Gasteiger charge is -2.36. The summed E-state index contributed by atoms with van der Waals surface area (Å²) in [6, 6.07) is 17.8. The SMILES string of the molecule is O=C(NCCn1ncc2c(N3CCN(c4ccccc4)CC3)ncnc21)[C@H]1COc2ccccc2O1. The van der Waals surface area contributed by atoms with E-state index in [9.17, 15) is 4.79 Å².